The number of hydrogen-bond acceptors (Lipinski definition) is 3. The lowest BCUT2D eigenvalue weighted by Gasteiger charge is -2.29. The van der Waals surface area contributed by atoms with E-state index >= 15 is 0 Å². The minimum atomic E-state index is -0.618. The lowest BCUT2D eigenvalue weighted by molar-refractivity contribution is -0.142. The highest BCUT2D eigenvalue weighted by molar-refractivity contribution is 9.10. The average Bonchev–Trinajstić information content (AvgIpc) is 2.74. The van der Waals surface area contributed by atoms with E-state index in [1.807, 2.05) is 63.2 Å². The number of aryl methyl sites for hydroxylation is 1. The van der Waals surface area contributed by atoms with Gasteiger partial charge >= 0.3 is 0 Å². The third-order valence-corrected chi connectivity index (χ3v) is 6.09. The molecule has 0 aliphatic carbocycles. The number of halogens is 1. The molecule has 2 amide bonds. The van der Waals surface area contributed by atoms with Crippen molar-refractivity contribution in [3.05, 3.63) is 63.6 Å². The van der Waals surface area contributed by atoms with Crippen LogP contribution in [0.2, 0.25) is 0 Å². The fourth-order valence-corrected chi connectivity index (χ4v) is 3.73. The summed E-state index contributed by atoms with van der Waals surface area (Å²) in [7, 11) is 0. The summed E-state index contributed by atoms with van der Waals surface area (Å²) in [5, 5.41) is 2.93. The average molecular weight is 518 g/mol. The maximum Gasteiger partial charge on any atom is 0.261 e. The second kappa shape index (κ2) is 11.7. The number of rotatable bonds is 9. The van der Waals surface area contributed by atoms with Crippen LogP contribution in [0.25, 0.3) is 0 Å². The van der Waals surface area contributed by atoms with E-state index in [0.717, 1.165) is 15.6 Å². The van der Waals surface area contributed by atoms with Gasteiger partial charge in [0.05, 0.1) is 4.47 Å². The summed E-state index contributed by atoms with van der Waals surface area (Å²) in [6, 6.07) is 13.3. The Morgan fingerprint density at radius 1 is 1.06 bits per heavy atom. The molecule has 1 atom stereocenters. The lowest BCUT2D eigenvalue weighted by Crippen LogP contribution is -2.49. The normalized spacial score (nSPS) is 12.4. The Bertz CT molecular complexity index is 949. The number of amides is 2. The van der Waals surface area contributed by atoms with E-state index in [1.165, 1.54) is 5.56 Å². The summed E-state index contributed by atoms with van der Waals surface area (Å²) in [6.45, 7) is 15.0. The number of nitrogens with one attached hydrogen (secondary N) is 1. The Labute approximate surface area is 207 Å². The van der Waals surface area contributed by atoms with E-state index in [-0.39, 0.29) is 23.8 Å². The second-order valence-corrected chi connectivity index (χ2v) is 10.9. The molecule has 0 aliphatic heterocycles. The van der Waals surface area contributed by atoms with Crippen LogP contribution >= 0.6 is 15.9 Å². The molecule has 0 saturated carbocycles. The number of nitrogens with zero attached hydrogens (tertiary/aromatic N) is 1. The van der Waals surface area contributed by atoms with Crippen LogP contribution in [-0.4, -0.2) is 35.9 Å². The van der Waals surface area contributed by atoms with Gasteiger partial charge < -0.3 is 15.0 Å². The molecular weight excluding hydrogens is 480 g/mol. The van der Waals surface area contributed by atoms with Gasteiger partial charge in [0.2, 0.25) is 5.91 Å². The zero-order valence-electron chi connectivity index (χ0n) is 20.9. The highest BCUT2D eigenvalue weighted by Gasteiger charge is 2.27. The minimum absolute atomic E-state index is 0.0144. The van der Waals surface area contributed by atoms with Crippen molar-refractivity contribution in [2.75, 3.05) is 13.2 Å². The molecule has 6 heteroatoms. The Morgan fingerprint density at radius 3 is 2.24 bits per heavy atom. The molecule has 0 aliphatic rings. The first kappa shape index (κ1) is 26.9. The standard InChI is InChI=1S/C27H37BrN2O3/c1-18(2)15-29-26(32)20(4)30(16-21-10-8-19(3)9-11-21)25(31)17-33-24-13-12-22(14-23(24)28)27(5,6)7/h8-14,18,20H,15-17H2,1-7H3,(H,29,32)/t20-/m0/s1. The summed E-state index contributed by atoms with van der Waals surface area (Å²) in [5.74, 6) is 0.525. The van der Waals surface area contributed by atoms with Crippen LogP contribution in [0.3, 0.4) is 0 Å². The maximum absolute atomic E-state index is 13.2. The molecule has 33 heavy (non-hydrogen) atoms. The van der Waals surface area contributed by atoms with Gasteiger partial charge in [0.25, 0.3) is 5.91 Å². The zero-order valence-corrected chi connectivity index (χ0v) is 22.5. The van der Waals surface area contributed by atoms with E-state index in [0.29, 0.717) is 24.8 Å². The molecule has 0 heterocycles. The van der Waals surface area contributed by atoms with Crippen LogP contribution in [-0.2, 0) is 21.5 Å². The van der Waals surface area contributed by atoms with Gasteiger partial charge in [0.15, 0.2) is 6.61 Å². The molecule has 2 aromatic rings. The van der Waals surface area contributed by atoms with Crippen LogP contribution in [0.4, 0.5) is 0 Å². The first-order valence-corrected chi connectivity index (χ1v) is 12.2. The van der Waals surface area contributed by atoms with Gasteiger partial charge in [-0.05, 0) is 64.4 Å². The summed E-state index contributed by atoms with van der Waals surface area (Å²) in [6.07, 6.45) is 0. The molecule has 180 valence electrons. The first-order valence-electron chi connectivity index (χ1n) is 11.4. The molecule has 0 spiro atoms. The van der Waals surface area contributed by atoms with Gasteiger partial charge in [-0.2, -0.15) is 0 Å². The predicted molar refractivity (Wildman–Crippen MR) is 137 cm³/mol. The monoisotopic (exact) mass is 516 g/mol. The molecule has 0 aromatic heterocycles. The fourth-order valence-electron chi connectivity index (χ4n) is 3.23. The summed E-state index contributed by atoms with van der Waals surface area (Å²) in [5.41, 5.74) is 3.30. The Balaban J connectivity index is 2.16. The molecule has 5 nitrogen and oxygen atoms in total. The molecular formula is C27H37BrN2O3. The van der Waals surface area contributed by atoms with Crippen LogP contribution in [0, 0.1) is 12.8 Å². The van der Waals surface area contributed by atoms with Crippen molar-refractivity contribution in [3.63, 3.8) is 0 Å². The molecule has 1 N–H and O–H groups in total. The van der Waals surface area contributed by atoms with Gasteiger partial charge in [-0.25, -0.2) is 0 Å². The van der Waals surface area contributed by atoms with Gasteiger partial charge in [-0.15, -0.1) is 0 Å². The van der Waals surface area contributed by atoms with Crippen molar-refractivity contribution in [2.24, 2.45) is 5.92 Å². The van der Waals surface area contributed by atoms with Gasteiger partial charge in [0, 0.05) is 13.1 Å². The van der Waals surface area contributed by atoms with Crippen molar-refractivity contribution in [1.82, 2.24) is 10.2 Å². The molecule has 0 unspecified atom stereocenters. The molecule has 2 rings (SSSR count). The highest BCUT2D eigenvalue weighted by Crippen LogP contribution is 2.31. The molecule has 0 saturated heterocycles. The molecule has 2 aromatic carbocycles. The molecule has 0 bridgehead atoms. The van der Waals surface area contributed by atoms with Crippen molar-refractivity contribution < 1.29 is 14.3 Å². The number of carbonyl (C=O) groups is 2. The van der Waals surface area contributed by atoms with E-state index in [4.69, 9.17) is 4.74 Å². The van der Waals surface area contributed by atoms with E-state index < -0.39 is 6.04 Å². The third kappa shape index (κ3) is 8.18. The summed E-state index contributed by atoms with van der Waals surface area (Å²) in [4.78, 5) is 27.5. The SMILES string of the molecule is Cc1ccc(CN(C(=O)COc2ccc(C(C)(C)C)cc2Br)[C@@H](C)C(=O)NCC(C)C)cc1. The van der Waals surface area contributed by atoms with Crippen LogP contribution in [0.15, 0.2) is 46.9 Å². The quantitative estimate of drug-likeness (QED) is 0.470. The molecule has 0 radical (unpaired) electrons. The van der Waals surface area contributed by atoms with E-state index in [9.17, 15) is 9.59 Å². The smallest absolute Gasteiger partial charge is 0.261 e. The largest absolute Gasteiger partial charge is 0.483 e. The summed E-state index contributed by atoms with van der Waals surface area (Å²) >= 11 is 3.56. The first-order chi connectivity index (χ1) is 15.4. The third-order valence-electron chi connectivity index (χ3n) is 5.47. The van der Waals surface area contributed by atoms with Crippen molar-refractivity contribution >= 4 is 27.7 Å². The summed E-state index contributed by atoms with van der Waals surface area (Å²) < 4.78 is 6.66. The fraction of sp³-hybridized carbons (Fsp3) is 0.481. The van der Waals surface area contributed by atoms with E-state index in [2.05, 4.69) is 42.0 Å². The van der Waals surface area contributed by atoms with Crippen LogP contribution < -0.4 is 10.1 Å². The molecule has 0 fully saturated rings. The number of benzene rings is 2. The number of carbonyl (C=O) groups excluding carboxylic acids is 2. The Morgan fingerprint density at radius 2 is 1.70 bits per heavy atom. The van der Waals surface area contributed by atoms with Gasteiger partial charge in [-0.3, -0.25) is 9.59 Å². The van der Waals surface area contributed by atoms with Crippen molar-refractivity contribution in [3.8, 4) is 5.75 Å². The maximum atomic E-state index is 13.2. The lowest BCUT2D eigenvalue weighted by atomic mass is 9.87. The highest BCUT2D eigenvalue weighted by atomic mass is 79.9. The van der Waals surface area contributed by atoms with Crippen molar-refractivity contribution in [1.29, 1.82) is 0 Å². The van der Waals surface area contributed by atoms with Crippen LogP contribution in [0.1, 0.15) is 58.2 Å². The predicted octanol–water partition coefficient (Wildman–Crippen LogP) is 5.62. The second-order valence-electron chi connectivity index (χ2n) is 10.0. The number of ether oxygens (including phenoxy) is 1. The van der Waals surface area contributed by atoms with Gasteiger partial charge in [-0.1, -0.05) is 70.5 Å². The van der Waals surface area contributed by atoms with Gasteiger partial charge in [0.1, 0.15) is 11.8 Å². The minimum Gasteiger partial charge on any atom is -0.483 e. The Hall–Kier alpha value is -2.34. The topological polar surface area (TPSA) is 58.6 Å². The zero-order chi connectivity index (χ0) is 24.8. The number of hydrogen-bond donors (Lipinski definition) is 1. The Kier molecular flexibility index (Phi) is 9.53. The van der Waals surface area contributed by atoms with E-state index in [1.54, 1.807) is 11.8 Å². The van der Waals surface area contributed by atoms with Crippen LogP contribution in [0.5, 0.6) is 5.75 Å². The van der Waals surface area contributed by atoms with Crippen molar-refractivity contribution in [2.45, 2.75) is 66.5 Å².